The summed E-state index contributed by atoms with van der Waals surface area (Å²) in [5, 5.41) is 0. The van der Waals surface area contributed by atoms with Crippen LogP contribution in [-0.2, 0) is 9.53 Å². The molecule has 0 aliphatic carbocycles. The summed E-state index contributed by atoms with van der Waals surface area (Å²) < 4.78 is 9.89. The number of aryl methyl sites for hydroxylation is 1. The summed E-state index contributed by atoms with van der Waals surface area (Å²) in [6.07, 6.45) is 1.97. The van der Waals surface area contributed by atoms with E-state index in [2.05, 4.69) is 66.1 Å². The molecule has 0 amide bonds. The van der Waals surface area contributed by atoms with E-state index in [1.807, 2.05) is 72.8 Å². The van der Waals surface area contributed by atoms with Crippen molar-refractivity contribution in [1.82, 2.24) is 9.13 Å². The summed E-state index contributed by atoms with van der Waals surface area (Å²) in [4.78, 5) is 33.0. The molecule has 47 heavy (non-hydrogen) atoms. The Bertz CT molecular complexity index is 2300. The maximum atomic E-state index is 14.5. The van der Waals surface area contributed by atoms with Crippen molar-refractivity contribution in [3.8, 4) is 28.2 Å². The molecule has 0 saturated carbocycles. The van der Waals surface area contributed by atoms with E-state index in [1.165, 1.54) is 16.9 Å². The molecule has 1 atom stereocenters. The standard InChI is InChI=1S/C40H33N3O3S/c1-4-46-39(45)35-27(3)41-40-43(37(35)30-18-12-7-13-19-30)38(44)34(47-40)25-31-24-33(28-14-8-5-9-15-28)42(32-22-20-26(2)21-23-32)36(31)29-16-10-6-11-17-29/h5-25,37H,4H2,1-3H3/b34-25-/t37-/m0/s1. The Labute approximate surface area is 276 Å². The number of benzene rings is 4. The Morgan fingerprint density at radius 1 is 0.851 bits per heavy atom. The van der Waals surface area contributed by atoms with Crippen molar-refractivity contribution in [3.05, 3.63) is 169 Å². The number of carbonyl (C=O) groups is 1. The molecule has 6 nitrogen and oxygen atoms in total. The molecule has 0 saturated heterocycles. The van der Waals surface area contributed by atoms with Gasteiger partial charge in [-0.05, 0) is 61.7 Å². The van der Waals surface area contributed by atoms with Gasteiger partial charge in [-0.25, -0.2) is 9.79 Å². The molecule has 7 rings (SSSR count). The van der Waals surface area contributed by atoms with Crippen LogP contribution in [0.25, 0.3) is 34.3 Å². The first-order valence-corrected chi connectivity index (χ1v) is 16.4. The summed E-state index contributed by atoms with van der Waals surface area (Å²) in [5.74, 6) is -0.467. The van der Waals surface area contributed by atoms with Crippen LogP contribution in [0.15, 0.2) is 142 Å². The lowest BCUT2D eigenvalue weighted by atomic mass is 9.96. The van der Waals surface area contributed by atoms with Crippen molar-refractivity contribution in [3.63, 3.8) is 0 Å². The molecule has 0 N–H and O–H groups in total. The van der Waals surface area contributed by atoms with Crippen LogP contribution in [0, 0.1) is 6.92 Å². The molecule has 6 aromatic rings. The molecular formula is C40H33N3O3S. The lowest BCUT2D eigenvalue weighted by molar-refractivity contribution is -0.139. The molecule has 0 unspecified atom stereocenters. The van der Waals surface area contributed by atoms with Crippen molar-refractivity contribution in [2.24, 2.45) is 4.99 Å². The molecule has 0 fully saturated rings. The first kappa shape index (κ1) is 30.1. The average Bonchev–Trinajstić information content (AvgIpc) is 3.62. The number of fused-ring (bicyclic) bond motifs is 1. The van der Waals surface area contributed by atoms with Crippen LogP contribution in [0.5, 0.6) is 0 Å². The lowest BCUT2D eigenvalue weighted by Gasteiger charge is -2.24. The highest BCUT2D eigenvalue weighted by molar-refractivity contribution is 7.07. The van der Waals surface area contributed by atoms with Crippen molar-refractivity contribution in [1.29, 1.82) is 0 Å². The monoisotopic (exact) mass is 635 g/mol. The van der Waals surface area contributed by atoms with Gasteiger partial charge in [0.2, 0.25) is 0 Å². The SMILES string of the molecule is CCOC(=O)C1=C(C)N=c2s/c(=C\c3cc(-c4ccccc4)n(-c4ccc(C)cc4)c3-c3ccccc3)c(=O)n2[C@H]1c1ccccc1. The minimum absolute atomic E-state index is 0.208. The Hall–Kier alpha value is -5.53. The Morgan fingerprint density at radius 3 is 2.11 bits per heavy atom. The Balaban J connectivity index is 1.51. The van der Waals surface area contributed by atoms with E-state index in [0.29, 0.717) is 20.6 Å². The summed E-state index contributed by atoms with van der Waals surface area (Å²) in [7, 11) is 0. The van der Waals surface area contributed by atoms with E-state index in [-0.39, 0.29) is 12.2 Å². The summed E-state index contributed by atoms with van der Waals surface area (Å²) in [6, 6.07) is 40.1. The van der Waals surface area contributed by atoms with E-state index in [9.17, 15) is 9.59 Å². The third kappa shape index (κ3) is 5.59. The first-order valence-electron chi connectivity index (χ1n) is 15.6. The highest BCUT2D eigenvalue weighted by Crippen LogP contribution is 2.37. The summed E-state index contributed by atoms with van der Waals surface area (Å²) in [6.45, 7) is 5.89. The number of ether oxygens (including phenoxy) is 1. The van der Waals surface area contributed by atoms with E-state index >= 15 is 0 Å². The van der Waals surface area contributed by atoms with Crippen molar-refractivity contribution in [2.45, 2.75) is 26.8 Å². The maximum Gasteiger partial charge on any atom is 0.338 e. The molecule has 0 bridgehead atoms. The fraction of sp³-hybridized carbons (Fsp3) is 0.125. The second-order valence-electron chi connectivity index (χ2n) is 11.4. The smallest absolute Gasteiger partial charge is 0.338 e. The van der Waals surface area contributed by atoms with Gasteiger partial charge in [-0.15, -0.1) is 0 Å². The molecule has 232 valence electrons. The van der Waals surface area contributed by atoms with E-state index in [4.69, 9.17) is 9.73 Å². The van der Waals surface area contributed by atoms with Crippen molar-refractivity contribution >= 4 is 23.4 Å². The number of hydrogen-bond acceptors (Lipinski definition) is 5. The normalized spacial score (nSPS) is 14.5. The fourth-order valence-corrected chi connectivity index (χ4v) is 7.24. The Morgan fingerprint density at radius 2 is 1.47 bits per heavy atom. The van der Waals surface area contributed by atoms with Crippen LogP contribution < -0.4 is 14.9 Å². The van der Waals surface area contributed by atoms with Gasteiger partial charge in [0.15, 0.2) is 4.80 Å². The van der Waals surface area contributed by atoms with Crippen LogP contribution in [-0.4, -0.2) is 21.7 Å². The van der Waals surface area contributed by atoms with Gasteiger partial charge in [0.05, 0.1) is 39.8 Å². The van der Waals surface area contributed by atoms with E-state index in [0.717, 1.165) is 39.3 Å². The molecular weight excluding hydrogens is 603 g/mol. The largest absolute Gasteiger partial charge is 0.463 e. The zero-order valence-electron chi connectivity index (χ0n) is 26.4. The minimum Gasteiger partial charge on any atom is -0.463 e. The second-order valence-corrected chi connectivity index (χ2v) is 12.5. The predicted octanol–water partition coefficient (Wildman–Crippen LogP) is 7.23. The third-order valence-electron chi connectivity index (χ3n) is 8.36. The number of aromatic nitrogens is 2. The zero-order chi connectivity index (χ0) is 32.5. The molecule has 0 radical (unpaired) electrons. The Kier molecular flexibility index (Phi) is 8.14. The maximum absolute atomic E-state index is 14.5. The van der Waals surface area contributed by atoms with Crippen LogP contribution in [0.3, 0.4) is 0 Å². The molecule has 0 spiro atoms. The van der Waals surface area contributed by atoms with Crippen LogP contribution in [0.2, 0.25) is 0 Å². The number of hydrogen-bond donors (Lipinski definition) is 0. The van der Waals surface area contributed by atoms with Crippen LogP contribution in [0.4, 0.5) is 0 Å². The topological polar surface area (TPSA) is 65.6 Å². The van der Waals surface area contributed by atoms with Gasteiger partial charge in [-0.2, -0.15) is 0 Å². The van der Waals surface area contributed by atoms with Gasteiger partial charge in [0.25, 0.3) is 5.56 Å². The summed E-state index contributed by atoms with van der Waals surface area (Å²) in [5.41, 5.74) is 8.70. The molecule has 4 aromatic carbocycles. The molecule has 2 aromatic heterocycles. The van der Waals surface area contributed by atoms with Gasteiger partial charge < -0.3 is 9.30 Å². The van der Waals surface area contributed by atoms with Gasteiger partial charge in [0, 0.05) is 11.3 Å². The third-order valence-corrected chi connectivity index (χ3v) is 9.34. The van der Waals surface area contributed by atoms with Crippen LogP contribution in [0.1, 0.15) is 36.6 Å². The van der Waals surface area contributed by atoms with Crippen molar-refractivity contribution < 1.29 is 9.53 Å². The predicted molar refractivity (Wildman–Crippen MR) is 188 cm³/mol. The van der Waals surface area contributed by atoms with Gasteiger partial charge in [0.1, 0.15) is 0 Å². The lowest BCUT2D eigenvalue weighted by Crippen LogP contribution is -2.39. The fourth-order valence-electron chi connectivity index (χ4n) is 6.20. The molecule has 1 aliphatic rings. The highest BCUT2D eigenvalue weighted by Gasteiger charge is 2.33. The number of carbonyl (C=O) groups excluding carboxylic acids is 1. The van der Waals surface area contributed by atoms with Crippen molar-refractivity contribution in [2.75, 3.05) is 6.61 Å². The van der Waals surface area contributed by atoms with Gasteiger partial charge in [-0.3, -0.25) is 9.36 Å². The first-order chi connectivity index (χ1) is 22.9. The van der Waals surface area contributed by atoms with E-state index in [1.54, 1.807) is 18.4 Å². The van der Waals surface area contributed by atoms with E-state index < -0.39 is 12.0 Å². The van der Waals surface area contributed by atoms with Gasteiger partial charge >= 0.3 is 5.97 Å². The zero-order valence-corrected chi connectivity index (χ0v) is 27.2. The average molecular weight is 636 g/mol. The van der Waals surface area contributed by atoms with Gasteiger partial charge in [-0.1, -0.05) is 120 Å². The number of esters is 1. The number of allylic oxidation sites excluding steroid dienone is 1. The molecule has 1 aliphatic heterocycles. The summed E-state index contributed by atoms with van der Waals surface area (Å²) >= 11 is 1.33. The number of thiazole rings is 1. The minimum atomic E-state index is -0.653. The number of rotatable bonds is 7. The number of nitrogens with zero attached hydrogens (tertiary/aromatic N) is 3. The van der Waals surface area contributed by atoms with Crippen LogP contribution >= 0.6 is 11.3 Å². The molecule has 7 heteroatoms. The quantitative estimate of drug-likeness (QED) is 0.174. The highest BCUT2D eigenvalue weighted by atomic mass is 32.1. The molecule has 3 heterocycles. The second kappa shape index (κ2) is 12.7.